The smallest absolute Gasteiger partial charge is 0.0503 e. The van der Waals surface area contributed by atoms with E-state index in [1.54, 1.807) is 0 Å². The molecule has 1 fully saturated rings. The lowest BCUT2D eigenvalue weighted by Gasteiger charge is -2.05. The normalized spacial score (nSPS) is 14.6. The van der Waals surface area contributed by atoms with Gasteiger partial charge in [0.2, 0.25) is 0 Å². The number of benzene rings is 2. The molecule has 3 heteroatoms. The Morgan fingerprint density at radius 1 is 1.05 bits per heavy atom. The number of aromatic nitrogens is 1. The first kappa shape index (κ1) is 13.9. The molecule has 0 bridgehead atoms. The zero-order valence-corrected chi connectivity index (χ0v) is 13.2. The molecule has 1 heterocycles. The van der Waals surface area contributed by atoms with Gasteiger partial charge in [-0.05, 0) is 36.1 Å². The fourth-order valence-electron chi connectivity index (χ4n) is 2.98. The molecule has 4 rings (SSSR count). The van der Waals surface area contributed by atoms with Crippen molar-refractivity contribution >= 4 is 22.5 Å². The first-order valence-electron chi connectivity index (χ1n) is 7.85. The van der Waals surface area contributed by atoms with Gasteiger partial charge in [0.15, 0.2) is 0 Å². The molecule has 0 spiro atoms. The highest BCUT2D eigenvalue weighted by Crippen LogP contribution is 2.30. The van der Waals surface area contributed by atoms with Crippen molar-refractivity contribution in [2.24, 2.45) is 0 Å². The Morgan fingerprint density at radius 3 is 2.64 bits per heavy atom. The second-order valence-electron chi connectivity index (χ2n) is 6.06. The fraction of sp³-hybridized carbons (Fsp3) is 0.263. The Hall–Kier alpha value is -1.77. The molecule has 0 radical (unpaired) electrons. The van der Waals surface area contributed by atoms with Crippen LogP contribution in [0, 0.1) is 0 Å². The number of halogens is 1. The molecular weight excluding hydrogens is 292 g/mol. The van der Waals surface area contributed by atoms with E-state index in [4.69, 9.17) is 11.6 Å². The number of hydrogen-bond acceptors (Lipinski definition) is 1. The van der Waals surface area contributed by atoms with E-state index < -0.39 is 0 Å². The van der Waals surface area contributed by atoms with Crippen LogP contribution in [0.5, 0.6) is 0 Å². The van der Waals surface area contributed by atoms with Gasteiger partial charge in [-0.15, -0.1) is 0 Å². The zero-order chi connectivity index (χ0) is 14.9. The summed E-state index contributed by atoms with van der Waals surface area (Å²) in [4.78, 5) is 0. The van der Waals surface area contributed by atoms with E-state index in [0.717, 1.165) is 18.1 Å². The number of hydrogen-bond donors (Lipinski definition) is 1. The summed E-state index contributed by atoms with van der Waals surface area (Å²) in [6.45, 7) is 1.77. The van der Waals surface area contributed by atoms with E-state index >= 15 is 0 Å². The summed E-state index contributed by atoms with van der Waals surface area (Å²) in [5, 5.41) is 5.63. The topological polar surface area (TPSA) is 17.0 Å². The van der Waals surface area contributed by atoms with Gasteiger partial charge in [0, 0.05) is 30.7 Å². The van der Waals surface area contributed by atoms with Gasteiger partial charge in [-0.25, -0.2) is 0 Å². The third-order valence-corrected chi connectivity index (χ3v) is 4.60. The van der Waals surface area contributed by atoms with Crippen LogP contribution in [0.2, 0.25) is 5.02 Å². The van der Waals surface area contributed by atoms with E-state index in [0.29, 0.717) is 6.04 Å². The average molecular weight is 311 g/mol. The minimum Gasteiger partial charge on any atom is -0.343 e. The van der Waals surface area contributed by atoms with E-state index in [9.17, 15) is 0 Å². The molecule has 22 heavy (non-hydrogen) atoms. The van der Waals surface area contributed by atoms with Crippen LogP contribution in [0.4, 0.5) is 0 Å². The van der Waals surface area contributed by atoms with E-state index in [-0.39, 0.29) is 0 Å². The largest absolute Gasteiger partial charge is 0.343 e. The molecule has 0 unspecified atom stereocenters. The third-order valence-electron chi connectivity index (χ3n) is 4.29. The first-order valence-corrected chi connectivity index (χ1v) is 8.22. The van der Waals surface area contributed by atoms with Gasteiger partial charge in [-0.2, -0.15) is 0 Å². The standard InChI is InChI=1S/C19H19ClN2/c20-17-7-4-8-18-19(17)15(11-21-16-9-10-16)13-22(18)12-14-5-2-1-3-6-14/h1-8,13,16,21H,9-12H2. The first-order chi connectivity index (χ1) is 10.8. The highest BCUT2D eigenvalue weighted by atomic mass is 35.5. The number of rotatable bonds is 5. The highest BCUT2D eigenvalue weighted by molar-refractivity contribution is 6.35. The molecule has 0 saturated heterocycles. The molecule has 1 aromatic heterocycles. The Labute approximate surface area is 135 Å². The Bertz CT molecular complexity index is 788. The van der Waals surface area contributed by atoms with Crippen molar-refractivity contribution in [3.63, 3.8) is 0 Å². The minimum absolute atomic E-state index is 0.704. The zero-order valence-electron chi connectivity index (χ0n) is 12.4. The van der Waals surface area contributed by atoms with Gasteiger partial charge in [-0.1, -0.05) is 48.0 Å². The molecular formula is C19H19ClN2. The minimum atomic E-state index is 0.704. The molecule has 2 nitrogen and oxygen atoms in total. The molecule has 2 aromatic carbocycles. The van der Waals surface area contributed by atoms with Gasteiger partial charge in [0.05, 0.1) is 10.5 Å². The van der Waals surface area contributed by atoms with Gasteiger partial charge in [0.25, 0.3) is 0 Å². The molecule has 3 aromatic rings. The van der Waals surface area contributed by atoms with E-state index in [1.165, 1.54) is 34.9 Å². The van der Waals surface area contributed by atoms with E-state index in [2.05, 4.69) is 52.5 Å². The van der Waals surface area contributed by atoms with Gasteiger partial charge in [0.1, 0.15) is 0 Å². The molecule has 0 amide bonds. The van der Waals surface area contributed by atoms with E-state index in [1.807, 2.05) is 12.1 Å². The van der Waals surface area contributed by atoms with Crippen LogP contribution >= 0.6 is 11.6 Å². The molecule has 112 valence electrons. The van der Waals surface area contributed by atoms with Gasteiger partial charge >= 0.3 is 0 Å². The number of fused-ring (bicyclic) bond motifs is 1. The summed E-state index contributed by atoms with van der Waals surface area (Å²) in [6.07, 6.45) is 4.85. The molecule has 1 aliphatic carbocycles. The maximum atomic E-state index is 6.47. The Balaban J connectivity index is 1.72. The summed E-state index contributed by atoms with van der Waals surface area (Å²) in [5.41, 5.74) is 3.81. The summed E-state index contributed by atoms with van der Waals surface area (Å²) >= 11 is 6.47. The predicted molar refractivity (Wildman–Crippen MR) is 92.4 cm³/mol. The molecule has 1 aliphatic rings. The molecule has 0 aliphatic heterocycles. The maximum absolute atomic E-state index is 6.47. The number of nitrogens with one attached hydrogen (secondary N) is 1. The Kier molecular flexibility index (Phi) is 3.65. The molecule has 0 atom stereocenters. The van der Waals surface area contributed by atoms with Crippen LogP contribution in [-0.2, 0) is 13.1 Å². The monoisotopic (exact) mass is 310 g/mol. The number of nitrogens with zero attached hydrogens (tertiary/aromatic N) is 1. The lowest BCUT2D eigenvalue weighted by molar-refractivity contribution is 0.687. The second kappa shape index (κ2) is 5.79. The maximum Gasteiger partial charge on any atom is 0.0503 e. The van der Waals surface area contributed by atoms with Gasteiger partial charge < -0.3 is 9.88 Å². The van der Waals surface area contributed by atoms with Crippen LogP contribution in [0.25, 0.3) is 10.9 Å². The van der Waals surface area contributed by atoms with Crippen molar-refractivity contribution in [1.82, 2.24) is 9.88 Å². The summed E-state index contributed by atoms with van der Waals surface area (Å²) < 4.78 is 2.31. The van der Waals surface area contributed by atoms with Crippen LogP contribution in [0.1, 0.15) is 24.0 Å². The molecule has 1 N–H and O–H groups in total. The van der Waals surface area contributed by atoms with Crippen molar-refractivity contribution in [1.29, 1.82) is 0 Å². The SMILES string of the molecule is Clc1cccc2c1c(CNC1CC1)cn2Cc1ccccc1. The van der Waals surface area contributed by atoms with Crippen molar-refractivity contribution in [3.05, 3.63) is 70.9 Å². The third kappa shape index (κ3) is 2.77. The second-order valence-corrected chi connectivity index (χ2v) is 6.46. The van der Waals surface area contributed by atoms with Gasteiger partial charge in [-0.3, -0.25) is 0 Å². The summed E-state index contributed by atoms with van der Waals surface area (Å²) in [7, 11) is 0. The van der Waals surface area contributed by atoms with Crippen LogP contribution in [-0.4, -0.2) is 10.6 Å². The predicted octanol–water partition coefficient (Wildman–Crippen LogP) is 4.60. The van der Waals surface area contributed by atoms with Crippen LogP contribution in [0.3, 0.4) is 0 Å². The Morgan fingerprint density at radius 2 is 1.86 bits per heavy atom. The van der Waals surface area contributed by atoms with Crippen molar-refractivity contribution in [2.45, 2.75) is 32.0 Å². The average Bonchev–Trinajstić information content (AvgIpc) is 3.30. The summed E-state index contributed by atoms with van der Waals surface area (Å²) in [5.74, 6) is 0. The summed E-state index contributed by atoms with van der Waals surface area (Å²) in [6, 6.07) is 17.4. The van der Waals surface area contributed by atoms with Crippen LogP contribution < -0.4 is 5.32 Å². The van der Waals surface area contributed by atoms with Crippen molar-refractivity contribution in [3.8, 4) is 0 Å². The quantitative estimate of drug-likeness (QED) is 0.729. The van der Waals surface area contributed by atoms with Crippen molar-refractivity contribution in [2.75, 3.05) is 0 Å². The van der Waals surface area contributed by atoms with Crippen LogP contribution in [0.15, 0.2) is 54.7 Å². The van der Waals surface area contributed by atoms with Crippen molar-refractivity contribution < 1.29 is 0 Å². The highest BCUT2D eigenvalue weighted by Gasteiger charge is 2.21. The lowest BCUT2D eigenvalue weighted by Crippen LogP contribution is -2.15. The molecule has 1 saturated carbocycles. The fourth-order valence-corrected chi connectivity index (χ4v) is 3.27. The lowest BCUT2D eigenvalue weighted by atomic mass is 10.1.